The van der Waals surface area contributed by atoms with Crippen molar-refractivity contribution in [1.29, 1.82) is 0 Å². The minimum atomic E-state index is -3.64. The predicted molar refractivity (Wildman–Crippen MR) is 89.1 cm³/mol. The molecule has 0 fully saturated rings. The maximum atomic E-state index is 12.4. The zero-order valence-corrected chi connectivity index (χ0v) is 14.6. The van der Waals surface area contributed by atoms with Gasteiger partial charge < -0.3 is 5.32 Å². The van der Waals surface area contributed by atoms with Gasteiger partial charge in [-0.05, 0) is 38.2 Å². The van der Waals surface area contributed by atoms with Gasteiger partial charge in [0.15, 0.2) is 0 Å². The van der Waals surface area contributed by atoms with Crippen LogP contribution >= 0.6 is 34.5 Å². The van der Waals surface area contributed by atoms with Crippen LogP contribution in [0.3, 0.4) is 0 Å². The number of thiophene rings is 1. The van der Waals surface area contributed by atoms with Gasteiger partial charge >= 0.3 is 0 Å². The molecule has 0 atom stereocenters. The normalized spacial score (nSPS) is 11.6. The Morgan fingerprint density at radius 1 is 1.19 bits per heavy atom. The molecule has 0 aliphatic rings. The topological polar surface area (TPSA) is 58.2 Å². The van der Waals surface area contributed by atoms with E-state index in [2.05, 4.69) is 10.0 Å². The zero-order valence-electron chi connectivity index (χ0n) is 11.4. The van der Waals surface area contributed by atoms with E-state index in [4.69, 9.17) is 23.2 Å². The van der Waals surface area contributed by atoms with Gasteiger partial charge in [-0.25, -0.2) is 8.42 Å². The molecule has 1 aromatic heterocycles. The third-order valence-corrected chi connectivity index (χ3v) is 6.16. The molecule has 0 amide bonds. The number of aryl methyl sites for hydroxylation is 1. The Bertz CT molecular complexity index is 758. The summed E-state index contributed by atoms with van der Waals surface area (Å²) in [6, 6.07) is 6.28. The van der Waals surface area contributed by atoms with Crippen LogP contribution < -0.4 is 10.0 Å². The lowest BCUT2D eigenvalue weighted by atomic mass is 10.3. The number of halogens is 2. The molecule has 2 rings (SSSR count). The van der Waals surface area contributed by atoms with Crippen LogP contribution in [0.4, 0.5) is 5.69 Å². The van der Waals surface area contributed by atoms with Gasteiger partial charge in [-0.3, -0.25) is 4.72 Å². The quantitative estimate of drug-likeness (QED) is 0.845. The molecule has 2 N–H and O–H groups in total. The number of anilines is 1. The van der Waals surface area contributed by atoms with E-state index in [-0.39, 0.29) is 4.90 Å². The SMILES string of the molecule is CNCc1cc(S(=O)(=O)Nc2ccc(Cl)c(Cl)c2)c(C)s1. The van der Waals surface area contributed by atoms with E-state index in [0.29, 0.717) is 22.3 Å². The van der Waals surface area contributed by atoms with E-state index in [1.807, 2.05) is 7.05 Å². The summed E-state index contributed by atoms with van der Waals surface area (Å²) in [5.74, 6) is 0. The lowest BCUT2D eigenvalue weighted by molar-refractivity contribution is 0.601. The minimum Gasteiger partial charge on any atom is -0.315 e. The Labute approximate surface area is 138 Å². The molecule has 8 heteroatoms. The van der Waals surface area contributed by atoms with Crippen LogP contribution in [-0.4, -0.2) is 15.5 Å². The van der Waals surface area contributed by atoms with E-state index in [1.54, 1.807) is 25.1 Å². The highest BCUT2D eigenvalue weighted by atomic mass is 35.5. The summed E-state index contributed by atoms with van der Waals surface area (Å²) < 4.78 is 27.4. The third kappa shape index (κ3) is 3.90. The van der Waals surface area contributed by atoms with Crippen molar-refractivity contribution in [1.82, 2.24) is 5.32 Å². The van der Waals surface area contributed by atoms with Crippen molar-refractivity contribution in [3.8, 4) is 0 Å². The van der Waals surface area contributed by atoms with Crippen LogP contribution in [0, 0.1) is 6.92 Å². The summed E-state index contributed by atoms with van der Waals surface area (Å²) in [6.07, 6.45) is 0. The van der Waals surface area contributed by atoms with Crippen molar-refractivity contribution in [2.75, 3.05) is 11.8 Å². The van der Waals surface area contributed by atoms with Crippen LogP contribution in [0.1, 0.15) is 9.75 Å². The summed E-state index contributed by atoms with van der Waals surface area (Å²) in [5, 5.41) is 3.68. The second-order valence-electron chi connectivity index (χ2n) is 4.40. The van der Waals surface area contributed by atoms with E-state index >= 15 is 0 Å². The molecule has 0 radical (unpaired) electrons. The number of hydrogen-bond donors (Lipinski definition) is 2. The minimum absolute atomic E-state index is 0.281. The number of hydrogen-bond acceptors (Lipinski definition) is 4. The fourth-order valence-corrected chi connectivity index (χ4v) is 4.82. The standard InChI is InChI=1S/C13H14Cl2N2O2S2/c1-8-13(6-10(20-8)7-16-2)21(18,19)17-9-3-4-11(14)12(15)5-9/h3-6,16-17H,7H2,1-2H3. The molecule has 21 heavy (non-hydrogen) atoms. The highest BCUT2D eigenvalue weighted by Crippen LogP contribution is 2.29. The molecule has 0 saturated carbocycles. The van der Waals surface area contributed by atoms with Gasteiger partial charge in [0, 0.05) is 16.3 Å². The lowest BCUT2D eigenvalue weighted by Gasteiger charge is -2.08. The number of sulfonamides is 1. The monoisotopic (exact) mass is 364 g/mol. The summed E-state index contributed by atoms with van der Waals surface area (Å²) in [4.78, 5) is 1.99. The Kier molecular flexibility index (Phi) is 5.16. The average Bonchev–Trinajstić information content (AvgIpc) is 2.76. The summed E-state index contributed by atoms with van der Waals surface area (Å²) >= 11 is 13.2. The largest absolute Gasteiger partial charge is 0.315 e. The molecule has 114 valence electrons. The fraction of sp³-hybridized carbons (Fsp3) is 0.231. The predicted octanol–water partition coefficient (Wildman–Crippen LogP) is 3.88. The first-order valence-corrected chi connectivity index (χ1v) is 9.11. The van der Waals surface area contributed by atoms with Crippen LogP contribution in [-0.2, 0) is 16.6 Å². The Morgan fingerprint density at radius 3 is 2.52 bits per heavy atom. The second kappa shape index (κ2) is 6.54. The van der Waals surface area contributed by atoms with E-state index in [9.17, 15) is 8.42 Å². The van der Waals surface area contributed by atoms with E-state index in [0.717, 1.165) is 9.75 Å². The van der Waals surface area contributed by atoms with Gasteiger partial charge in [0.2, 0.25) is 0 Å². The van der Waals surface area contributed by atoms with Crippen molar-refractivity contribution in [3.05, 3.63) is 44.1 Å². The molecule has 0 unspecified atom stereocenters. The maximum absolute atomic E-state index is 12.4. The van der Waals surface area contributed by atoms with Gasteiger partial charge in [-0.1, -0.05) is 23.2 Å². The molecule has 0 saturated heterocycles. The molecule has 4 nitrogen and oxygen atoms in total. The molecule has 1 heterocycles. The van der Waals surface area contributed by atoms with Crippen molar-refractivity contribution in [2.45, 2.75) is 18.4 Å². The van der Waals surface area contributed by atoms with Gasteiger partial charge in [-0.2, -0.15) is 0 Å². The third-order valence-electron chi connectivity index (χ3n) is 2.74. The van der Waals surface area contributed by atoms with Gasteiger partial charge in [0.05, 0.1) is 15.7 Å². The summed E-state index contributed by atoms with van der Waals surface area (Å²) in [6.45, 7) is 2.42. The van der Waals surface area contributed by atoms with Crippen LogP contribution in [0.5, 0.6) is 0 Å². The van der Waals surface area contributed by atoms with Crippen LogP contribution in [0.15, 0.2) is 29.2 Å². The van der Waals surface area contributed by atoms with Crippen molar-refractivity contribution in [2.24, 2.45) is 0 Å². The first-order chi connectivity index (χ1) is 9.83. The molecule has 2 aromatic rings. The first kappa shape index (κ1) is 16.6. The molecular weight excluding hydrogens is 351 g/mol. The molecule has 0 aliphatic carbocycles. The highest BCUT2D eigenvalue weighted by molar-refractivity contribution is 7.93. The number of rotatable bonds is 5. The van der Waals surface area contributed by atoms with Crippen molar-refractivity contribution >= 4 is 50.2 Å². The van der Waals surface area contributed by atoms with Gasteiger partial charge in [0.25, 0.3) is 10.0 Å². The maximum Gasteiger partial charge on any atom is 0.263 e. The van der Waals surface area contributed by atoms with Gasteiger partial charge in [-0.15, -0.1) is 11.3 Å². The smallest absolute Gasteiger partial charge is 0.263 e. The summed E-state index contributed by atoms with van der Waals surface area (Å²) in [7, 11) is -1.82. The fourth-order valence-electron chi connectivity index (χ4n) is 1.82. The number of nitrogens with one attached hydrogen (secondary N) is 2. The van der Waals surface area contributed by atoms with Crippen molar-refractivity contribution in [3.63, 3.8) is 0 Å². The second-order valence-corrected chi connectivity index (χ2v) is 8.20. The lowest BCUT2D eigenvalue weighted by Crippen LogP contribution is -2.13. The highest BCUT2D eigenvalue weighted by Gasteiger charge is 2.20. The molecule has 1 aromatic carbocycles. The Balaban J connectivity index is 2.31. The molecule has 0 spiro atoms. The Hall–Kier alpha value is -0.790. The average molecular weight is 365 g/mol. The summed E-state index contributed by atoms with van der Waals surface area (Å²) in [5.41, 5.74) is 0.380. The first-order valence-electron chi connectivity index (χ1n) is 6.05. The van der Waals surface area contributed by atoms with E-state index in [1.165, 1.54) is 17.4 Å². The zero-order chi connectivity index (χ0) is 15.6. The van der Waals surface area contributed by atoms with E-state index < -0.39 is 10.0 Å². The number of benzene rings is 1. The molecule has 0 aliphatic heterocycles. The van der Waals surface area contributed by atoms with Crippen LogP contribution in [0.2, 0.25) is 10.0 Å². The van der Waals surface area contributed by atoms with Crippen LogP contribution in [0.25, 0.3) is 0 Å². The Morgan fingerprint density at radius 2 is 1.90 bits per heavy atom. The van der Waals surface area contributed by atoms with Gasteiger partial charge in [0.1, 0.15) is 4.90 Å². The molecule has 0 bridgehead atoms. The molecular formula is C13H14Cl2N2O2S2. The van der Waals surface area contributed by atoms with Crippen molar-refractivity contribution < 1.29 is 8.42 Å².